The zero-order chi connectivity index (χ0) is 24.4. The molecule has 1 aliphatic rings. The van der Waals surface area contributed by atoms with Crippen molar-refractivity contribution in [3.63, 3.8) is 0 Å². The zero-order valence-electron chi connectivity index (χ0n) is 20.2. The van der Waals surface area contributed by atoms with Crippen LogP contribution in [0, 0.1) is 6.92 Å². The number of benzene rings is 3. The fourth-order valence-corrected chi connectivity index (χ4v) is 4.60. The third kappa shape index (κ3) is 4.41. The molecule has 1 aromatic heterocycles. The minimum Gasteiger partial charge on any atom is -0.493 e. The van der Waals surface area contributed by atoms with E-state index in [1.54, 1.807) is 0 Å². The van der Waals surface area contributed by atoms with Crippen LogP contribution >= 0.6 is 0 Å². The highest BCUT2D eigenvalue weighted by Gasteiger charge is 2.27. The Morgan fingerprint density at radius 1 is 1.17 bits per heavy atom. The van der Waals surface area contributed by atoms with Crippen LogP contribution in [0.5, 0.6) is 11.8 Å². The maximum Gasteiger partial charge on any atom is 0.306 e. The molecule has 0 aliphatic carbocycles. The summed E-state index contributed by atoms with van der Waals surface area (Å²) in [6.07, 6.45) is 0.328. The number of para-hydroxylation sites is 2. The highest BCUT2D eigenvalue weighted by molar-refractivity contribution is 5.79. The highest BCUT2D eigenvalue weighted by Crippen LogP contribution is 2.38. The van der Waals surface area contributed by atoms with Gasteiger partial charge in [0.05, 0.1) is 43.5 Å². The molecule has 0 bridgehead atoms. The maximum absolute atomic E-state index is 11.7. The van der Waals surface area contributed by atoms with Crippen molar-refractivity contribution in [2.75, 3.05) is 25.6 Å². The molecular weight excluding hydrogens is 442 g/mol. The van der Waals surface area contributed by atoms with Crippen LogP contribution in [0.15, 0.2) is 60.7 Å². The monoisotopic (exact) mass is 471 g/mol. The summed E-state index contributed by atoms with van der Waals surface area (Å²) >= 11 is 0. The first kappa shape index (κ1) is 22.8. The van der Waals surface area contributed by atoms with Crippen LogP contribution in [0.3, 0.4) is 0 Å². The van der Waals surface area contributed by atoms with Crippen LogP contribution in [-0.4, -0.2) is 35.8 Å². The molecule has 3 aromatic carbocycles. The standard InChI is InChI=1S/C28H29N3O4/c1-4-34-28-30-23-9-5-6-10-25(23)31(28)24-11-7-8-19(18(24)2)16-29-21-12-13-22-20(14-27(32)33-3)17-35-26(22)15-21/h5-13,15,20,29H,4,14,16-17H2,1-3H3/t20-/m1/s1. The Morgan fingerprint density at radius 2 is 2.03 bits per heavy atom. The molecule has 1 aliphatic heterocycles. The Labute approximate surface area is 204 Å². The number of esters is 1. The molecule has 0 unspecified atom stereocenters. The van der Waals surface area contributed by atoms with Gasteiger partial charge in [0, 0.05) is 29.8 Å². The van der Waals surface area contributed by atoms with Gasteiger partial charge in [-0.2, -0.15) is 4.98 Å². The van der Waals surface area contributed by atoms with E-state index in [1.807, 2.05) is 43.3 Å². The van der Waals surface area contributed by atoms with Gasteiger partial charge in [-0.1, -0.05) is 30.3 Å². The normalized spacial score (nSPS) is 14.4. The number of ether oxygens (including phenoxy) is 3. The largest absolute Gasteiger partial charge is 0.493 e. The third-order valence-electron chi connectivity index (χ3n) is 6.48. The number of carbonyl (C=O) groups excluding carboxylic acids is 1. The number of aromatic nitrogens is 2. The van der Waals surface area contributed by atoms with E-state index < -0.39 is 0 Å². The van der Waals surface area contributed by atoms with Crippen molar-refractivity contribution in [2.45, 2.75) is 32.7 Å². The van der Waals surface area contributed by atoms with Crippen LogP contribution < -0.4 is 14.8 Å². The molecule has 180 valence electrons. The minimum atomic E-state index is -0.220. The van der Waals surface area contributed by atoms with Gasteiger partial charge < -0.3 is 19.5 Å². The number of hydrogen-bond acceptors (Lipinski definition) is 6. The second kappa shape index (κ2) is 9.70. The number of imidazole rings is 1. The Bertz CT molecular complexity index is 1380. The highest BCUT2D eigenvalue weighted by atomic mass is 16.5. The fraction of sp³-hybridized carbons (Fsp3) is 0.286. The van der Waals surface area contributed by atoms with Gasteiger partial charge in [0.2, 0.25) is 0 Å². The molecule has 35 heavy (non-hydrogen) atoms. The summed E-state index contributed by atoms with van der Waals surface area (Å²) in [4.78, 5) is 16.4. The molecule has 0 fully saturated rings. The Hall–Kier alpha value is -4.00. The first-order valence-electron chi connectivity index (χ1n) is 11.9. The summed E-state index contributed by atoms with van der Waals surface area (Å²) in [5.41, 5.74) is 7.31. The van der Waals surface area contributed by atoms with Gasteiger partial charge in [0.15, 0.2) is 0 Å². The second-order valence-electron chi connectivity index (χ2n) is 8.61. The average Bonchev–Trinajstić information content (AvgIpc) is 3.44. The summed E-state index contributed by atoms with van der Waals surface area (Å²) < 4.78 is 18.6. The molecular formula is C28H29N3O4. The van der Waals surface area contributed by atoms with Crippen LogP contribution in [0.1, 0.15) is 36.0 Å². The smallest absolute Gasteiger partial charge is 0.306 e. The summed E-state index contributed by atoms with van der Waals surface area (Å²) in [6.45, 7) is 5.79. The summed E-state index contributed by atoms with van der Waals surface area (Å²) in [6, 6.07) is 21.0. The minimum absolute atomic E-state index is 0.0370. The molecule has 0 spiro atoms. The van der Waals surface area contributed by atoms with Gasteiger partial charge in [-0.15, -0.1) is 0 Å². The van der Waals surface area contributed by atoms with E-state index in [4.69, 9.17) is 14.2 Å². The van der Waals surface area contributed by atoms with E-state index >= 15 is 0 Å². The zero-order valence-corrected chi connectivity index (χ0v) is 20.2. The lowest BCUT2D eigenvalue weighted by atomic mass is 9.97. The molecule has 7 nitrogen and oxygen atoms in total. The molecule has 1 atom stereocenters. The van der Waals surface area contributed by atoms with Crippen molar-refractivity contribution < 1.29 is 19.0 Å². The fourth-order valence-electron chi connectivity index (χ4n) is 4.60. The Morgan fingerprint density at radius 3 is 2.86 bits per heavy atom. The number of nitrogens with zero attached hydrogens (tertiary/aromatic N) is 2. The van der Waals surface area contributed by atoms with Crippen molar-refractivity contribution >= 4 is 22.7 Å². The van der Waals surface area contributed by atoms with Crippen LogP contribution in [0.4, 0.5) is 5.69 Å². The van der Waals surface area contributed by atoms with Gasteiger partial charge >= 0.3 is 12.0 Å². The van der Waals surface area contributed by atoms with E-state index in [1.165, 1.54) is 12.7 Å². The summed E-state index contributed by atoms with van der Waals surface area (Å²) in [5, 5.41) is 3.52. The lowest BCUT2D eigenvalue weighted by Crippen LogP contribution is -2.09. The van der Waals surface area contributed by atoms with E-state index in [-0.39, 0.29) is 11.9 Å². The van der Waals surface area contributed by atoms with Crippen molar-refractivity contribution in [3.8, 4) is 17.4 Å². The molecule has 0 saturated carbocycles. The number of anilines is 1. The summed E-state index contributed by atoms with van der Waals surface area (Å²) in [5.74, 6) is 0.637. The number of methoxy groups -OCH3 is 1. The van der Waals surface area contributed by atoms with Gasteiger partial charge in [-0.3, -0.25) is 9.36 Å². The quantitative estimate of drug-likeness (QED) is 0.348. The molecule has 7 heteroatoms. The van der Waals surface area contributed by atoms with Crippen LogP contribution in [0.2, 0.25) is 0 Å². The van der Waals surface area contributed by atoms with Crippen LogP contribution in [0.25, 0.3) is 16.7 Å². The molecule has 0 radical (unpaired) electrons. The number of fused-ring (bicyclic) bond motifs is 2. The van der Waals surface area contributed by atoms with E-state index in [9.17, 15) is 4.79 Å². The van der Waals surface area contributed by atoms with Crippen LogP contribution in [-0.2, 0) is 16.1 Å². The lowest BCUT2D eigenvalue weighted by molar-refractivity contribution is -0.141. The van der Waals surface area contributed by atoms with E-state index in [0.29, 0.717) is 32.2 Å². The molecule has 5 rings (SSSR count). The Balaban J connectivity index is 1.38. The molecule has 1 N–H and O–H groups in total. The summed E-state index contributed by atoms with van der Waals surface area (Å²) in [7, 11) is 1.41. The van der Waals surface area contributed by atoms with E-state index in [0.717, 1.165) is 39.3 Å². The first-order chi connectivity index (χ1) is 17.1. The van der Waals surface area contributed by atoms with Gasteiger partial charge in [-0.25, -0.2) is 0 Å². The topological polar surface area (TPSA) is 74.6 Å². The third-order valence-corrected chi connectivity index (χ3v) is 6.48. The maximum atomic E-state index is 11.7. The predicted octanol–water partition coefficient (Wildman–Crippen LogP) is 5.38. The van der Waals surface area contributed by atoms with Gasteiger partial charge in [0.25, 0.3) is 0 Å². The van der Waals surface area contributed by atoms with Crippen molar-refractivity contribution in [2.24, 2.45) is 0 Å². The molecule has 0 saturated heterocycles. The molecule has 2 heterocycles. The number of nitrogens with one attached hydrogen (secondary N) is 1. The SMILES string of the molecule is CCOc1nc2ccccc2n1-c1cccc(CNc2ccc3c(c2)OC[C@H]3CC(=O)OC)c1C. The lowest BCUT2D eigenvalue weighted by Gasteiger charge is -2.16. The van der Waals surface area contributed by atoms with Crippen molar-refractivity contribution in [1.29, 1.82) is 0 Å². The van der Waals surface area contributed by atoms with Gasteiger partial charge in [0.1, 0.15) is 5.75 Å². The molecule has 4 aromatic rings. The van der Waals surface area contributed by atoms with Gasteiger partial charge in [-0.05, 0) is 49.2 Å². The van der Waals surface area contributed by atoms with E-state index in [2.05, 4.69) is 46.1 Å². The number of hydrogen-bond donors (Lipinski definition) is 1. The average molecular weight is 472 g/mol. The predicted molar refractivity (Wildman–Crippen MR) is 136 cm³/mol. The number of carbonyl (C=O) groups is 1. The van der Waals surface area contributed by atoms with Crippen molar-refractivity contribution in [3.05, 3.63) is 77.4 Å². The number of rotatable bonds is 8. The molecule has 0 amide bonds. The Kier molecular flexibility index (Phi) is 6.31. The first-order valence-corrected chi connectivity index (χ1v) is 11.9. The van der Waals surface area contributed by atoms with Crippen molar-refractivity contribution in [1.82, 2.24) is 9.55 Å². The second-order valence-corrected chi connectivity index (χ2v) is 8.61.